The molecule has 1 rings (SSSR count). The Bertz CT molecular complexity index is 639. The fraction of sp³-hybridized carbons (Fsp3) is 0.588. The molecule has 22 heavy (non-hydrogen) atoms. The number of hydrogen-bond acceptors (Lipinski definition) is 4. The Hall–Kier alpha value is -2.09. The molecule has 120 valence electrons. The molecule has 0 amide bonds. The average Bonchev–Trinajstić information content (AvgIpc) is 2.37. The number of pyridine rings is 1. The highest BCUT2D eigenvalue weighted by Gasteiger charge is 2.15. The van der Waals surface area contributed by atoms with Gasteiger partial charge in [0.15, 0.2) is 0 Å². The maximum atomic E-state index is 11.9. The highest BCUT2D eigenvalue weighted by Crippen LogP contribution is 2.16. The minimum Gasteiger partial charge on any atom is -0.463 e. The van der Waals surface area contributed by atoms with Crippen LogP contribution in [-0.2, 0) is 16.0 Å². The molecule has 0 saturated heterocycles. The number of carbonyl (C=O) groups is 1. The lowest BCUT2D eigenvalue weighted by Crippen LogP contribution is -2.19. The lowest BCUT2D eigenvalue weighted by molar-refractivity contribution is -0.148. The van der Waals surface area contributed by atoms with E-state index in [0.717, 1.165) is 12.0 Å². The quantitative estimate of drug-likeness (QED) is 0.819. The predicted octanol–water partition coefficient (Wildman–Crippen LogP) is 2.77. The molecule has 5 nitrogen and oxygen atoms in total. The molecule has 1 atom stereocenters. The normalized spacial score (nSPS) is 12.0. The molecule has 0 radical (unpaired) electrons. The largest absolute Gasteiger partial charge is 0.463 e. The third kappa shape index (κ3) is 4.73. The van der Waals surface area contributed by atoms with E-state index in [0.29, 0.717) is 23.6 Å². The predicted molar refractivity (Wildman–Crippen MR) is 84.6 cm³/mol. The molecule has 0 bridgehead atoms. The molecule has 0 spiro atoms. The molecule has 0 aliphatic heterocycles. The fourth-order valence-corrected chi connectivity index (χ4v) is 2.64. The van der Waals surface area contributed by atoms with Gasteiger partial charge < -0.3 is 9.72 Å². The molecule has 1 N–H and O–H groups in total. The van der Waals surface area contributed by atoms with Gasteiger partial charge in [-0.1, -0.05) is 13.8 Å². The number of H-pyrrole nitrogens is 1. The van der Waals surface area contributed by atoms with Crippen molar-refractivity contribution in [3.8, 4) is 6.07 Å². The number of esters is 1. The number of aromatic amines is 1. The van der Waals surface area contributed by atoms with Crippen LogP contribution >= 0.6 is 0 Å². The summed E-state index contributed by atoms with van der Waals surface area (Å²) in [6.45, 7) is 9.57. The Kier molecular flexibility index (Phi) is 6.36. The van der Waals surface area contributed by atoms with E-state index in [1.807, 2.05) is 13.0 Å². The van der Waals surface area contributed by atoms with Gasteiger partial charge in [-0.15, -0.1) is 0 Å². The zero-order valence-corrected chi connectivity index (χ0v) is 13.9. The SMILES string of the molecule is Cc1[nH]c(=O)c(C#N)c(C)c1CCC(=O)OC(C)CC(C)C. The van der Waals surface area contributed by atoms with Crippen LogP contribution in [0.25, 0.3) is 0 Å². The van der Waals surface area contributed by atoms with E-state index in [2.05, 4.69) is 18.8 Å². The summed E-state index contributed by atoms with van der Waals surface area (Å²) in [6, 6.07) is 1.91. The summed E-state index contributed by atoms with van der Waals surface area (Å²) in [5.74, 6) is 0.223. The second-order valence-electron chi connectivity index (χ2n) is 6.10. The topological polar surface area (TPSA) is 83.0 Å². The standard InChI is InChI=1S/C17H24N2O3/c1-10(2)8-11(3)22-16(20)7-6-14-12(4)15(9-18)17(21)19-13(14)5/h10-11H,6-8H2,1-5H3,(H,19,21). The summed E-state index contributed by atoms with van der Waals surface area (Å²) < 4.78 is 5.37. The number of hydrogen-bond donors (Lipinski definition) is 1. The van der Waals surface area contributed by atoms with E-state index in [1.165, 1.54) is 0 Å². The van der Waals surface area contributed by atoms with Gasteiger partial charge in [0.1, 0.15) is 11.6 Å². The first kappa shape index (κ1) is 18.0. The van der Waals surface area contributed by atoms with Crippen molar-refractivity contribution < 1.29 is 9.53 Å². The van der Waals surface area contributed by atoms with E-state index >= 15 is 0 Å². The summed E-state index contributed by atoms with van der Waals surface area (Å²) >= 11 is 0. The van der Waals surface area contributed by atoms with Crippen LogP contribution in [-0.4, -0.2) is 17.1 Å². The van der Waals surface area contributed by atoms with Gasteiger partial charge >= 0.3 is 5.97 Å². The Morgan fingerprint density at radius 3 is 2.50 bits per heavy atom. The number of ether oxygens (including phenoxy) is 1. The zero-order chi connectivity index (χ0) is 16.9. The molecule has 0 aliphatic carbocycles. The van der Waals surface area contributed by atoms with Gasteiger partial charge in [-0.25, -0.2) is 0 Å². The van der Waals surface area contributed by atoms with Gasteiger partial charge in [0, 0.05) is 12.1 Å². The Labute approximate surface area is 131 Å². The number of nitriles is 1. The van der Waals surface area contributed by atoms with E-state index in [4.69, 9.17) is 10.00 Å². The monoisotopic (exact) mass is 304 g/mol. The maximum absolute atomic E-state index is 11.9. The average molecular weight is 304 g/mol. The van der Waals surface area contributed by atoms with Crippen molar-refractivity contribution in [3.05, 3.63) is 32.7 Å². The summed E-state index contributed by atoms with van der Waals surface area (Å²) in [7, 11) is 0. The first-order valence-electron chi connectivity index (χ1n) is 7.58. The Morgan fingerprint density at radius 1 is 1.32 bits per heavy atom. The van der Waals surface area contributed by atoms with Crippen molar-refractivity contribution in [1.82, 2.24) is 4.98 Å². The van der Waals surface area contributed by atoms with Crippen molar-refractivity contribution in [2.45, 2.75) is 60.0 Å². The molecular weight excluding hydrogens is 280 g/mol. The van der Waals surface area contributed by atoms with Crippen molar-refractivity contribution in [2.75, 3.05) is 0 Å². The molecular formula is C17H24N2O3. The van der Waals surface area contributed by atoms with Crippen LogP contribution in [0.2, 0.25) is 0 Å². The zero-order valence-electron chi connectivity index (χ0n) is 13.9. The Morgan fingerprint density at radius 2 is 1.95 bits per heavy atom. The molecule has 1 aromatic heterocycles. The summed E-state index contributed by atoms with van der Waals surface area (Å²) in [5, 5.41) is 9.03. The summed E-state index contributed by atoms with van der Waals surface area (Å²) in [6.07, 6.45) is 1.43. The minimum atomic E-state index is -0.380. The minimum absolute atomic E-state index is 0.0973. The van der Waals surface area contributed by atoms with E-state index in [-0.39, 0.29) is 29.6 Å². The molecule has 1 heterocycles. The lowest BCUT2D eigenvalue weighted by Gasteiger charge is -2.16. The molecule has 0 aliphatic rings. The van der Waals surface area contributed by atoms with Gasteiger partial charge in [0.25, 0.3) is 5.56 Å². The fourth-order valence-electron chi connectivity index (χ4n) is 2.64. The van der Waals surface area contributed by atoms with Crippen LogP contribution in [0.1, 0.15) is 56.0 Å². The van der Waals surface area contributed by atoms with Crippen molar-refractivity contribution in [2.24, 2.45) is 5.92 Å². The maximum Gasteiger partial charge on any atom is 0.306 e. The van der Waals surface area contributed by atoms with Gasteiger partial charge in [-0.2, -0.15) is 5.26 Å². The van der Waals surface area contributed by atoms with Crippen LogP contribution < -0.4 is 5.56 Å². The first-order valence-corrected chi connectivity index (χ1v) is 7.58. The highest BCUT2D eigenvalue weighted by atomic mass is 16.5. The van der Waals surface area contributed by atoms with E-state index in [9.17, 15) is 9.59 Å². The third-order valence-electron chi connectivity index (χ3n) is 3.64. The number of carbonyl (C=O) groups excluding carboxylic acids is 1. The second-order valence-corrected chi connectivity index (χ2v) is 6.10. The second kappa shape index (κ2) is 7.79. The smallest absolute Gasteiger partial charge is 0.306 e. The summed E-state index contributed by atoms with van der Waals surface area (Å²) in [5.41, 5.74) is 1.91. The van der Waals surface area contributed by atoms with Gasteiger partial charge in [0.05, 0.1) is 6.10 Å². The van der Waals surface area contributed by atoms with E-state index in [1.54, 1.807) is 13.8 Å². The van der Waals surface area contributed by atoms with Crippen LogP contribution in [0.5, 0.6) is 0 Å². The number of aryl methyl sites for hydroxylation is 1. The number of aromatic nitrogens is 1. The number of rotatable bonds is 6. The molecule has 0 saturated carbocycles. The van der Waals surface area contributed by atoms with Crippen molar-refractivity contribution in [1.29, 1.82) is 5.26 Å². The van der Waals surface area contributed by atoms with Gasteiger partial charge in [-0.3, -0.25) is 9.59 Å². The highest BCUT2D eigenvalue weighted by molar-refractivity contribution is 5.70. The van der Waals surface area contributed by atoms with Crippen molar-refractivity contribution >= 4 is 5.97 Å². The van der Waals surface area contributed by atoms with Gasteiger partial charge in [0.2, 0.25) is 0 Å². The first-order chi connectivity index (χ1) is 10.3. The van der Waals surface area contributed by atoms with Gasteiger partial charge in [-0.05, 0) is 50.7 Å². The molecule has 1 unspecified atom stereocenters. The lowest BCUT2D eigenvalue weighted by atomic mass is 9.99. The van der Waals surface area contributed by atoms with Crippen LogP contribution in [0.4, 0.5) is 0 Å². The number of nitrogens with one attached hydrogen (secondary N) is 1. The molecule has 5 heteroatoms. The van der Waals surface area contributed by atoms with Crippen LogP contribution in [0, 0.1) is 31.1 Å². The van der Waals surface area contributed by atoms with Crippen LogP contribution in [0.3, 0.4) is 0 Å². The third-order valence-corrected chi connectivity index (χ3v) is 3.64. The molecule has 0 fully saturated rings. The van der Waals surface area contributed by atoms with Crippen LogP contribution in [0.15, 0.2) is 4.79 Å². The van der Waals surface area contributed by atoms with E-state index < -0.39 is 0 Å². The Balaban J connectivity index is 2.75. The molecule has 1 aromatic rings. The van der Waals surface area contributed by atoms with Crippen molar-refractivity contribution in [3.63, 3.8) is 0 Å². The summed E-state index contributed by atoms with van der Waals surface area (Å²) in [4.78, 5) is 26.2. The molecule has 0 aromatic carbocycles. The number of nitrogens with zero attached hydrogens (tertiary/aromatic N) is 1.